The fourth-order valence-corrected chi connectivity index (χ4v) is 1.90. The molecule has 0 saturated carbocycles. The van der Waals surface area contributed by atoms with Crippen molar-refractivity contribution >= 4 is 29.1 Å². The molecule has 0 aliphatic heterocycles. The molecule has 1 unspecified atom stereocenters. The van der Waals surface area contributed by atoms with Gasteiger partial charge in [0.25, 0.3) is 5.91 Å². The second-order valence-corrected chi connectivity index (χ2v) is 4.88. The van der Waals surface area contributed by atoms with Crippen molar-refractivity contribution in [3.05, 3.63) is 27.5 Å². The number of carbonyl (C=O) groups excluding carboxylic acids is 1. The lowest BCUT2D eigenvalue weighted by Crippen LogP contribution is -2.33. The number of aliphatic hydroxyl groups excluding tert-OH is 1. The van der Waals surface area contributed by atoms with E-state index in [1.807, 2.05) is 6.92 Å². The molecule has 0 aromatic carbocycles. The highest BCUT2D eigenvalue weighted by Crippen LogP contribution is 2.27. The molecule has 6 heteroatoms. The molecule has 100 valence electrons. The van der Waals surface area contributed by atoms with Gasteiger partial charge in [0.1, 0.15) is 0 Å². The van der Waals surface area contributed by atoms with Gasteiger partial charge >= 0.3 is 0 Å². The maximum atomic E-state index is 11.9. The van der Waals surface area contributed by atoms with Crippen LogP contribution in [0.5, 0.6) is 0 Å². The van der Waals surface area contributed by atoms with E-state index < -0.39 is 0 Å². The molecule has 0 fully saturated rings. The third-order valence-electron chi connectivity index (χ3n) is 2.55. The summed E-state index contributed by atoms with van der Waals surface area (Å²) in [6.45, 7) is 3.70. The van der Waals surface area contributed by atoms with Crippen molar-refractivity contribution in [3.63, 3.8) is 0 Å². The first-order chi connectivity index (χ1) is 8.47. The highest BCUT2D eigenvalue weighted by molar-refractivity contribution is 6.44. The molecule has 0 saturated heterocycles. The summed E-state index contributed by atoms with van der Waals surface area (Å²) in [5, 5.41) is 12.0. The van der Waals surface area contributed by atoms with Gasteiger partial charge in [-0.3, -0.25) is 9.78 Å². The predicted molar refractivity (Wildman–Crippen MR) is 72.2 cm³/mol. The van der Waals surface area contributed by atoms with Gasteiger partial charge in [0.05, 0.1) is 21.3 Å². The van der Waals surface area contributed by atoms with Gasteiger partial charge in [0.15, 0.2) is 0 Å². The number of carbonyl (C=O) groups is 1. The minimum absolute atomic E-state index is 0.0409. The zero-order valence-corrected chi connectivity index (χ0v) is 11.8. The number of hydrogen-bond donors (Lipinski definition) is 2. The van der Waals surface area contributed by atoms with Crippen LogP contribution < -0.4 is 5.32 Å². The Bertz CT molecular complexity index is 438. The number of rotatable bonds is 5. The third-order valence-corrected chi connectivity index (χ3v) is 3.50. The molecular formula is C12H16Cl2N2O2. The molecule has 0 spiro atoms. The van der Waals surface area contributed by atoms with E-state index in [-0.39, 0.29) is 29.1 Å². The zero-order chi connectivity index (χ0) is 13.7. The van der Waals surface area contributed by atoms with E-state index in [1.165, 1.54) is 6.20 Å². The topological polar surface area (TPSA) is 62.2 Å². The van der Waals surface area contributed by atoms with E-state index in [2.05, 4.69) is 10.3 Å². The zero-order valence-electron chi connectivity index (χ0n) is 10.3. The maximum Gasteiger partial charge on any atom is 0.254 e. The summed E-state index contributed by atoms with van der Waals surface area (Å²) in [6, 6.07) is -0.0409. The highest BCUT2D eigenvalue weighted by atomic mass is 35.5. The monoisotopic (exact) mass is 290 g/mol. The molecule has 0 aliphatic carbocycles. The van der Waals surface area contributed by atoms with Crippen molar-refractivity contribution in [2.24, 2.45) is 0 Å². The van der Waals surface area contributed by atoms with Crippen LogP contribution in [0.2, 0.25) is 10.0 Å². The number of nitrogens with zero attached hydrogens (tertiary/aromatic N) is 1. The Balaban J connectivity index is 2.76. The molecule has 1 heterocycles. The van der Waals surface area contributed by atoms with Crippen molar-refractivity contribution < 1.29 is 9.90 Å². The van der Waals surface area contributed by atoms with Crippen LogP contribution in [0.4, 0.5) is 0 Å². The van der Waals surface area contributed by atoms with E-state index in [1.54, 1.807) is 6.92 Å². The van der Waals surface area contributed by atoms with Crippen LogP contribution in [0.25, 0.3) is 0 Å². The summed E-state index contributed by atoms with van der Waals surface area (Å²) in [4.78, 5) is 16.0. The van der Waals surface area contributed by atoms with Crippen LogP contribution in [0.3, 0.4) is 0 Å². The van der Waals surface area contributed by atoms with Gasteiger partial charge in [-0.05, 0) is 26.7 Å². The largest absolute Gasteiger partial charge is 0.396 e. The Morgan fingerprint density at radius 2 is 2.17 bits per heavy atom. The molecule has 0 aliphatic rings. The van der Waals surface area contributed by atoms with Crippen LogP contribution in [0.1, 0.15) is 35.8 Å². The minimum Gasteiger partial charge on any atom is -0.396 e. The third kappa shape index (κ3) is 3.83. The molecule has 1 atom stereocenters. The van der Waals surface area contributed by atoms with Crippen LogP contribution in [0, 0.1) is 6.92 Å². The molecule has 4 nitrogen and oxygen atoms in total. The average molecular weight is 291 g/mol. The summed E-state index contributed by atoms with van der Waals surface area (Å²) in [7, 11) is 0. The van der Waals surface area contributed by atoms with E-state index >= 15 is 0 Å². The van der Waals surface area contributed by atoms with Gasteiger partial charge in [0.2, 0.25) is 0 Å². The van der Waals surface area contributed by atoms with Crippen molar-refractivity contribution in [2.75, 3.05) is 6.61 Å². The molecule has 0 bridgehead atoms. The van der Waals surface area contributed by atoms with Gasteiger partial charge in [-0.1, -0.05) is 23.2 Å². The lowest BCUT2D eigenvalue weighted by molar-refractivity contribution is 0.0936. The average Bonchev–Trinajstić information content (AvgIpc) is 2.33. The number of aromatic nitrogens is 1. The van der Waals surface area contributed by atoms with E-state index in [4.69, 9.17) is 28.3 Å². The van der Waals surface area contributed by atoms with Gasteiger partial charge in [-0.2, -0.15) is 0 Å². The first kappa shape index (κ1) is 15.2. The Morgan fingerprint density at radius 3 is 2.78 bits per heavy atom. The maximum absolute atomic E-state index is 11.9. The molecule has 1 amide bonds. The second-order valence-electron chi connectivity index (χ2n) is 4.13. The quantitative estimate of drug-likeness (QED) is 0.876. The molecule has 0 radical (unpaired) electrons. The second kappa shape index (κ2) is 6.92. The van der Waals surface area contributed by atoms with E-state index in [0.29, 0.717) is 23.6 Å². The Hall–Kier alpha value is -0.840. The van der Waals surface area contributed by atoms with Crippen molar-refractivity contribution in [1.29, 1.82) is 0 Å². The molecule has 18 heavy (non-hydrogen) atoms. The Labute approximate surface area is 116 Å². The molecule has 1 rings (SSSR count). The number of nitrogens with one attached hydrogen (secondary N) is 1. The number of aryl methyl sites for hydroxylation is 1. The molecule has 1 aromatic rings. The van der Waals surface area contributed by atoms with Crippen molar-refractivity contribution in [3.8, 4) is 0 Å². The summed E-state index contributed by atoms with van der Waals surface area (Å²) < 4.78 is 0. The molecular weight excluding hydrogens is 275 g/mol. The number of pyridine rings is 1. The summed E-state index contributed by atoms with van der Waals surface area (Å²) in [5.41, 5.74) is 0.856. The SMILES string of the molecule is Cc1ncc(C(=O)NC(C)CCCO)c(Cl)c1Cl. The number of hydrogen-bond acceptors (Lipinski definition) is 3. The van der Waals surface area contributed by atoms with Crippen LogP contribution in [-0.4, -0.2) is 28.6 Å². The van der Waals surface area contributed by atoms with E-state index in [9.17, 15) is 4.79 Å². The first-order valence-corrected chi connectivity index (χ1v) is 6.45. The number of amides is 1. The fourth-order valence-electron chi connectivity index (χ4n) is 1.48. The Morgan fingerprint density at radius 1 is 1.50 bits per heavy atom. The van der Waals surface area contributed by atoms with Gasteiger partial charge in [-0.25, -0.2) is 0 Å². The van der Waals surface area contributed by atoms with Gasteiger partial charge in [0, 0.05) is 18.8 Å². The standard InChI is InChI=1S/C12H16Cl2N2O2/c1-7(4-3-5-17)16-12(18)9-6-15-8(2)10(13)11(9)14/h6-7,17H,3-5H2,1-2H3,(H,16,18). The predicted octanol–water partition coefficient (Wildman–Crippen LogP) is 2.59. The Kier molecular flexibility index (Phi) is 5.85. The summed E-state index contributed by atoms with van der Waals surface area (Å²) in [5.74, 6) is -0.306. The van der Waals surface area contributed by atoms with Gasteiger partial charge in [-0.15, -0.1) is 0 Å². The van der Waals surface area contributed by atoms with Crippen LogP contribution in [0.15, 0.2) is 6.20 Å². The first-order valence-electron chi connectivity index (χ1n) is 5.69. The molecule has 1 aromatic heterocycles. The van der Waals surface area contributed by atoms with Crippen molar-refractivity contribution in [1.82, 2.24) is 10.3 Å². The normalized spacial score (nSPS) is 12.3. The fraction of sp³-hybridized carbons (Fsp3) is 0.500. The molecule has 2 N–H and O–H groups in total. The highest BCUT2D eigenvalue weighted by Gasteiger charge is 2.16. The lowest BCUT2D eigenvalue weighted by Gasteiger charge is -2.14. The number of aliphatic hydroxyl groups is 1. The summed E-state index contributed by atoms with van der Waals surface area (Å²) >= 11 is 11.9. The minimum atomic E-state index is -0.306. The van der Waals surface area contributed by atoms with Crippen LogP contribution in [-0.2, 0) is 0 Å². The van der Waals surface area contributed by atoms with E-state index in [0.717, 1.165) is 0 Å². The van der Waals surface area contributed by atoms with Gasteiger partial charge < -0.3 is 10.4 Å². The number of halogens is 2. The van der Waals surface area contributed by atoms with Crippen LogP contribution >= 0.6 is 23.2 Å². The van der Waals surface area contributed by atoms with Crippen molar-refractivity contribution in [2.45, 2.75) is 32.7 Å². The smallest absolute Gasteiger partial charge is 0.254 e. The lowest BCUT2D eigenvalue weighted by atomic mass is 10.1. The summed E-state index contributed by atoms with van der Waals surface area (Å²) in [6.07, 6.45) is 2.76.